The molecule has 0 aliphatic carbocycles. The highest BCUT2D eigenvalue weighted by atomic mass is 32.1. The van der Waals surface area contributed by atoms with Crippen LogP contribution in [0.25, 0.3) is 11.1 Å². The number of hydrogen-bond donors (Lipinski definition) is 1. The van der Waals surface area contributed by atoms with Crippen LogP contribution in [0.4, 0.5) is 0 Å². The van der Waals surface area contributed by atoms with Gasteiger partial charge < -0.3 is 5.11 Å². The minimum absolute atomic E-state index is 0.104. The second kappa shape index (κ2) is 3.95. The molecule has 0 saturated heterocycles. The van der Waals surface area contributed by atoms with Crippen molar-refractivity contribution in [1.82, 2.24) is 0 Å². The molecule has 2 aromatic rings. The highest BCUT2D eigenvalue weighted by molar-refractivity contribution is 7.08. The van der Waals surface area contributed by atoms with Gasteiger partial charge >= 0.3 is 0 Å². The van der Waals surface area contributed by atoms with Crippen molar-refractivity contribution in [2.45, 2.75) is 13.5 Å². The first-order chi connectivity index (χ1) is 6.81. The Morgan fingerprint density at radius 2 is 2.14 bits per heavy atom. The fourth-order valence-corrected chi connectivity index (χ4v) is 2.21. The smallest absolute Gasteiger partial charge is 0.0687 e. The second-order valence-electron chi connectivity index (χ2n) is 3.33. The molecule has 1 heterocycles. The van der Waals surface area contributed by atoms with Gasteiger partial charge in [0.1, 0.15) is 0 Å². The van der Waals surface area contributed by atoms with Gasteiger partial charge in [-0.05, 0) is 40.4 Å². The Hall–Kier alpha value is -1.12. The van der Waals surface area contributed by atoms with E-state index in [1.165, 1.54) is 11.1 Å². The van der Waals surface area contributed by atoms with E-state index in [1.54, 1.807) is 11.3 Å². The van der Waals surface area contributed by atoms with Crippen molar-refractivity contribution in [1.29, 1.82) is 0 Å². The van der Waals surface area contributed by atoms with E-state index in [-0.39, 0.29) is 6.61 Å². The van der Waals surface area contributed by atoms with Gasteiger partial charge in [-0.3, -0.25) is 0 Å². The molecule has 0 atom stereocenters. The largest absolute Gasteiger partial charge is 0.392 e. The van der Waals surface area contributed by atoms with Crippen LogP contribution in [0.2, 0.25) is 0 Å². The Bertz CT molecular complexity index is 418. The molecule has 0 unspecified atom stereocenters. The van der Waals surface area contributed by atoms with Crippen LogP contribution in [-0.4, -0.2) is 5.11 Å². The Morgan fingerprint density at radius 3 is 2.79 bits per heavy atom. The molecule has 0 aliphatic rings. The van der Waals surface area contributed by atoms with Crippen LogP contribution in [0, 0.1) is 6.92 Å². The molecule has 2 heteroatoms. The van der Waals surface area contributed by atoms with E-state index in [2.05, 4.69) is 29.0 Å². The molecule has 1 nitrogen and oxygen atoms in total. The maximum absolute atomic E-state index is 9.25. The van der Waals surface area contributed by atoms with E-state index in [0.717, 1.165) is 11.1 Å². The van der Waals surface area contributed by atoms with Gasteiger partial charge in [-0.2, -0.15) is 11.3 Å². The molecule has 0 fully saturated rings. The summed E-state index contributed by atoms with van der Waals surface area (Å²) in [6.45, 7) is 2.14. The molecule has 0 amide bonds. The lowest BCUT2D eigenvalue weighted by Crippen LogP contribution is -1.89. The van der Waals surface area contributed by atoms with E-state index in [9.17, 15) is 5.11 Å². The summed E-state index contributed by atoms with van der Waals surface area (Å²) in [7, 11) is 0. The molecule has 0 bridgehead atoms. The summed E-state index contributed by atoms with van der Waals surface area (Å²) in [6, 6.07) is 8.26. The molecular formula is C12H12OS. The van der Waals surface area contributed by atoms with E-state index in [4.69, 9.17) is 0 Å². The summed E-state index contributed by atoms with van der Waals surface area (Å²) < 4.78 is 0. The van der Waals surface area contributed by atoms with E-state index in [0.29, 0.717) is 0 Å². The maximum Gasteiger partial charge on any atom is 0.0687 e. The fourth-order valence-electron chi connectivity index (χ4n) is 1.55. The van der Waals surface area contributed by atoms with Crippen molar-refractivity contribution in [2.75, 3.05) is 0 Å². The topological polar surface area (TPSA) is 20.2 Å². The second-order valence-corrected chi connectivity index (χ2v) is 4.11. The summed E-state index contributed by atoms with van der Waals surface area (Å²) in [5.74, 6) is 0. The SMILES string of the molecule is Cc1ccc(-c2ccsc2)c(CO)c1. The van der Waals surface area contributed by atoms with Crippen molar-refractivity contribution in [3.8, 4) is 11.1 Å². The van der Waals surface area contributed by atoms with Crippen LogP contribution in [0.15, 0.2) is 35.0 Å². The molecular weight excluding hydrogens is 192 g/mol. The van der Waals surface area contributed by atoms with Crippen LogP contribution in [0.5, 0.6) is 0 Å². The minimum Gasteiger partial charge on any atom is -0.392 e. The highest BCUT2D eigenvalue weighted by Crippen LogP contribution is 2.26. The highest BCUT2D eigenvalue weighted by Gasteiger charge is 2.04. The third kappa shape index (κ3) is 1.72. The fraction of sp³-hybridized carbons (Fsp3) is 0.167. The monoisotopic (exact) mass is 204 g/mol. The van der Waals surface area contributed by atoms with Crippen molar-refractivity contribution in [3.05, 3.63) is 46.2 Å². The van der Waals surface area contributed by atoms with Crippen LogP contribution in [0.1, 0.15) is 11.1 Å². The molecule has 0 radical (unpaired) electrons. The van der Waals surface area contributed by atoms with Crippen LogP contribution in [-0.2, 0) is 6.61 Å². The lowest BCUT2D eigenvalue weighted by Gasteiger charge is -2.06. The number of thiophene rings is 1. The van der Waals surface area contributed by atoms with Gasteiger partial charge in [0.2, 0.25) is 0 Å². The zero-order chi connectivity index (χ0) is 9.97. The van der Waals surface area contributed by atoms with Crippen molar-refractivity contribution >= 4 is 11.3 Å². The standard InChI is InChI=1S/C12H12OS/c1-9-2-3-12(11(6-9)7-13)10-4-5-14-8-10/h2-6,8,13H,7H2,1H3. The van der Waals surface area contributed by atoms with Crippen molar-refractivity contribution in [3.63, 3.8) is 0 Å². The third-order valence-electron chi connectivity index (χ3n) is 2.26. The number of aliphatic hydroxyl groups is 1. The van der Waals surface area contributed by atoms with E-state index in [1.807, 2.05) is 13.0 Å². The first-order valence-electron chi connectivity index (χ1n) is 4.54. The first-order valence-corrected chi connectivity index (χ1v) is 5.48. The summed E-state index contributed by atoms with van der Waals surface area (Å²) in [6.07, 6.45) is 0. The van der Waals surface area contributed by atoms with Gasteiger partial charge in [-0.15, -0.1) is 0 Å². The van der Waals surface area contributed by atoms with Crippen LogP contribution in [0.3, 0.4) is 0 Å². The predicted octanol–water partition coefficient (Wildman–Crippen LogP) is 3.22. The van der Waals surface area contributed by atoms with Gasteiger partial charge in [-0.1, -0.05) is 23.8 Å². The number of benzene rings is 1. The molecule has 72 valence electrons. The van der Waals surface area contributed by atoms with Crippen molar-refractivity contribution < 1.29 is 5.11 Å². The summed E-state index contributed by atoms with van der Waals surface area (Å²) in [4.78, 5) is 0. The molecule has 0 aliphatic heterocycles. The number of rotatable bonds is 2. The predicted molar refractivity (Wildman–Crippen MR) is 60.4 cm³/mol. The first kappa shape index (κ1) is 9.44. The number of aryl methyl sites for hydroxylation is 1. The molecule has 2 rings (SSSR count). The number of aliphatic hydroxyl groups excluding tert-OH is 1. The average Bonchev–Trinajstić information content (AvgIpc) is 2.70. The van der Waals surface area contributed by atoms with Gasteiger partial charge in [0.15, 0.2) is 0 Å². The van der Waals surface area contributed by atoms with Gasteiger partial charge in [0, 0.05) is 0 Å². The molecule has 1 aromatic heterocycles. The third-order valence-corrected chi connectivity index (χ3v) is 2.95. The van der Waals surface area contributed by atoms with Gasteiger partial charge in [-0.25, -0.2) is 0 Å². The molecule has 0 spiro atoms. The average molecular weight is 204 g/mol. The molecule has 14 heavy (non-hydrogen) atoms. The lowest BCUT2D eigenvalue weighted by atomic mass is 10.0. The quantitative estimate of drug-likeness (QED) is 0.796. The minimum atomic E-state index is 0.104. The van der Waals surface area contributed by atoms with Crippen molar-refractivity contribution in [2.24, 2.45) is 0 Å². The van der Waals surface area contributed by atoms with E-state index < -0.39 is 0 Å². The zero-order valence-corrected chi connectivity index (χ0v) is 8.84. The number of hydrogen-bond acceptors (Lipinski definition) is 2. The van der Waals surface area contributed by atoms with Gasteiger partial charge in [0.25, 0.3) is 0 Å². The summed E-state index contributed by atoms with van der Waals surface area (Å²) in [5, 5.41) is 13.4. The van der Waals surface area contributed by atoms with Crippen LogP contribution < -0.4 is 0 Å². The molecule has 1 N–H and O–H groups in total. The molecule has 0 saturated carbocycles. The summed E-state index contributed by atoms with van der Waals surface area (Å²) in [5.41, 5.74) is 4.52. The van der Waals surface area contributed by atoms with E-state index >= 15 is 0 Å². The Labute approximate surface area is 87.7 Å². The van der Waals surface area contributed by atoms with Crippen LogP contribution >= 0.6 is 11.3 Å². The Balaban J connectivity index is 2.53. The van der Waals surface area contributed by atoms with Gasteiger partial charge in [0.05, 0.1) is 6.61 Å². The zero-order valence-electron chi connectivity index (χ0n) is 8.03. The Morgan fingerprint density at radius 1 is 1.29 bits per heavy atom. The summed E-state index contributed by atoms with van der Waals surface area (Å²) >= 11 is 1.68. The maximum atomic E-state index is 9.25. The Kier molecular flexibility index (Phi) is 2.66. The molecule has 1 aromatic carbocycles. The normalized spacial score (nSPS) is 10.4. The lowest BCUT2D eigenvalue weighted by molar-refractivity contribution is 0.282.